The first-order chi connectivity index (χ1) is 16.0. The summed E-state index contributed by atoms with van der Waals surface area (Å²) in [5, 5.41) is 11.9. The highest BCUT2D eigenvalue weighted by Crippen LogP contribution is 2.31. The standard InChI is InChI=1S/C23H28FN3O7S/c1-22(2,3)34-20(30)25-15-6-7-17(18(24)11-15)14-10-16-13-26(21(31)27(16)12-14)9-8-23(4,19(28)29)35(5,32)33/h6-7,10-12H,8-9,13H2,1-5H3,(H,25,30)(H,28,29)/t23-/m1/s1. The number of nitrogens with one attached hydrogen (secondary N) is 1. The van der Waals surface area contributed by atoms with Crippen LogP contribution in [-0.4, -0.2) is 64.2 Å². The number of hydrogen-bond acceptors (Lipinski definition) is 6. The lowest BCUT2D eigenvalue weighted by Crippen LogP contribution is -2.45. The van der Waals surface area contributed by atoms with Gasteiger partial charge >= 0.3 is 18.1 Å². The summed E-state index contributed by atoms with van der Waals surface area (Å²) in [4.78, 5) is 37.6. The molecular weight excluding hydrogens is 481 g/mol. The largest absolute Gasteiger partial charge is 0.480 e. The van der Waals surface area contributed by atoms with Crippen LogP contribution in [0.4, 0.5) is 19.7 Å². The molecular formula is C23H28FN3O7S. The van der Waals surface area contributed by atoms with Crippen molar-refractivity contribution in [1.82, 2.24) is 9.47 Å². The van der Waals surface area contributed by atoms with Gasteiger partial charge in [-0.15, -0.1) is 0 Å². The molecule has 1 aromatic heterocycles. The number of hydrogen-bond donors (Lipinski definition) is 2. The monoisotopic (exact) mass is 509 g/mol. The van der Waals surface area contributed by atoms with Crippen LogP contribution in [0.15, 0.2) is 30.5 Å². The third-order valence-corrected chi connectivity index (χ3v) is 7.80. The van der Waals surface area contributed by atoms with Gasteiger partial charge in [0.1, 0.15) is 11.4 Å². The highest BCUT2D eigenvalue weighted by Gasteiger charge is 2.44. The molecule has 190 valence electrons. The Morgan fingerprint density at radius 3 is 2.37 bits per heavy atom. The van der Waals surface area contributed by atoms with Gasteiger partial charge in [-0.3, -0.25) is 14.7 Å². The molecule has 2 N–H and O–H groups in total. The number of anilines is 1. The summed E-state index contributed by atoms with van der Waals surface area (Å²) in [6.45, 7) is 6.29. The molecule has 2 amide bonds. The van der Waals surface area contributed by atoms with Crippen molar-refractivity contribution in [2.75, 3.05) is 18.1 Å². The number of aromatic nitrogens is 1. The van der Waals surface area contributed by atoms with Crippen LogP contribution < -0.4 is 5.32 Å². The van der Waals surface area contributed by atoms with Crippen LogP contribution in [-0.2, 0) is 25.9 Å². The second-order valence-corrected chi connectivity index (χ2v) is 12.1. The Kier molecular flexibility index (Phi) is 6.73. The molecule has 2 heterocycles. The zero-order valence-electron chi connectivity index (χ0n) is 20.1. The molecule has 0 saturated heterocycles. The number of ether oxygens (including phenoxy) is 1. The third kappa shape index (κ3) is 5.47. The van der Waals surface area contributed by atoms with Crippen molar-refractivity contribution in [1.29, 1.82) is 0 Å². The summed E-state index contributed by atoms with van der Waals surface area (Å²) < 4.78 is 43.2. The van der Waals surface area contributed by atoms with Crippen LogP contribution in [0.5, 0.6) is 0 Å². The van der Waals surface area contributed by atoms with E-state index in [1.807, 2.05) is 0 Å². The molecule has 0 saturated carbocycles. The molecule has 0 fully saturated rings. The molecule has 12 heteroatoms. The lowest BCUT2D eigenvalue weighted by molar-refractivity contribution is -0.139. The Morgan fingerprint density at radius 1 is 1.20 bits per heavy atom. The van der Waals surface area contributed by atoms with Gasteiger partial charge in [0.05, 0.1) is 6.54 Å². The van der Waals surface area contributed by atoms with Gasteiger partial charge in [0.15, 0.2) is 14.6 Å². The summed E-state index contributed by atoms with van der Waals surface area (Å²) in [5.41, 5.74) is 0.726. The van der Waals surface area contributed by atoms with Crippen molar-refractivity contribution in [3.05, 3.63) is 42.0 Å². The summed E-state index contributed by atoms with van der Waals surface area (Å²) in [6, 6.07) is 5.30. The van der Waals surface area contributed by atoms with Crippen molar-refractivity contribution in [2.24, 2.45) is 0 Å². The second-order valence-electron chi connectivity index (χ2n) is 9.67. The maximum atomic E-state index is 14.8. The quantitative estimate of drug-likeness (QED) is 0.581. The highest BCUT2D eigenvalue weighted by molar-refractivity contribution is 7.92. The zero-order valence-corrected chi connectivity index (χ0v) is 20.9. The van der Waals surface area contributed by atoms with Gasteiger partial charge in [0.2, 0.25) is 0 Å². The van der Waals surface area contributed by atoms with Gasteiger partial charge in [0, 0.05) is 41.5 Å². The number of sulfone groups is 1. The lowest BCUT2D eigenvalue weighted by atomic mass is 10.1. The normalized spacial score (nSPS) is 15.5. The number of carbonyl (C=O) groups is 3. The molecule has 0 unspecified atom stereocenters. The first-order valence-electron chi connectivity index (χ1n) is 10.8. The SMILES string of the molecule is CC(C)(C)OC(=O)Nc1ccc(-c2cc3n(c2)C(=O)N(CC[C@](C)(C(=O)O)S(C)(=O)=O)C3)c(F)c1. The van der Waals surface area contributed by atoms with Gasteiger partial charge in [-0.05, 0) is 58.4 Å². The van der Waals surface area contributed by atoms with Gasteiger partial charge in [-0.2, -0.15) is 0 Å². The Labute approximate surface area is 202 Å². The number of rotatable bonds is 7. The van der Waals surface area contributed by atoms with Crippen LogP contribution >= 0.6 is 0 Å². The van der Waals surface area contributed by atoms with E-state index >= 15 is 0 Å². The van der Waals surface area contributed by atoms with E-state index < -0.39 is 44.1 Å². The summed E-state index contributed by atoms with van der Waals surface area (Å²) in [5.74, 6) is -2.09. The van der Waals surface area contributed by atoms with Crippen LogP contribution in [0, 0.1) is 5.82 Å². The van der Waals surface area contributed by atoms with Crippen molar-refractivity contribution in [2.45, 2.75) is 51.0 Å². The van der Waals surface area contributed by atoms with Crippen LogP contribution in [0.1, 0.15) is 39.8 Å². The van der Waals surface area contributed by atoms with E-state index in [1.165, 1.54) is 27.8 Å². The zero-order chi connectivity index (χ0) is 26.3. The summed E-state index contributed by atoms with van der Waals surface area (Å²) >= 11 is 0. The highest BCUT2D eigenvalue weighted by atomic mass is 32.2. The van der Waals surface area contributed by atoms with Gasteiger partial charge < -0.3 is 14.7 Å². The predicted molar refractivity (Wildman–Crippen MR) is 126 cm³/mol. The minimum atomic E-state index is -3.91. The first-order valence-corrected chi connectivity index (χ1v) is 12.6. The number of aliphatic carboxylic acids is 1. The van der Waals surface area contributed by atoms with Gasteiger partial charge in [-0.25, -0.2) is 22.4 Å². The Morgan fingerprint density at radius 2 is 1.86 bits per heavy atom. The first kappa shape index (κ1) is 26.2. The Bertz CT molecular complexity index is 1300. The van der Waals surface area contributed by atoms with E-state index in [0.717, 1.165) is 19.2 Å². The van der Waals surface area contributed by atoms with Crippen molar-refractivity contribution in [3.8, 4) is 11.1 Å². The minimum Gasteiger partial charge on any atom is -0.480 e. The molecule has 2 aromatic rings. The van der Waals surface area contributed by atoms with Crippen molar-refractivity contribution < 1.29 is 37.0 Å². The smallest absolute Gasteiger partial charge is 0.412 e. The second kappa shape index (κ2) is 8.99. The fourth-order valence-corrected chi connectivity index (χ4v) is 4.37. The molecule has 0 bridgehead atoms. The molecule has 1 aliphatic heterocycles. The molecule has 1 aromatic carbocycles. The Balaban J connectivity index is 1.72. The van der Waals surface area contributed by atoms with Crippen LogP contribution in [0.3, 0.4) is 0 Å². The van der Waals surface area contributed by atoms with Crippen LogP contribution in [0.25, 0.3) is 11.1 Å². The number of benzene rings is 1. The molecule has 1 atom stereocenters. The molecule has 0 aliphatic carbocycles. The number of carbonyl (C=O) groups excluding carboxylic acids is 2. The maximum Gasteiger partial charge on any atom is 0.412 e. The van der Waals surface area contributed by atoms with Crippen LogP contribution in [0.2, 0.25) is 0 Å². The molecule has 0 radical (unpaired) electrons. The number of amides is 2. The van der Waals surface area contributed by atoms with Gasteiger partial charge in [0.25, 0.3) is 0 Å². The minimum absolute atomic E-state index is 0.0783. The lowest BCUT2D eigenvalue weighted by Gasteiger charge is -2.25. The molecule has 3 rings (SSSR count). The van der Waals surface area contributed by atoms with E-state index in [9.17, 15) is 32.3 Å². The number of carboxylic acids is 1. The predicted octanol–water partition coefficient (Wildman–Crippen LogP) is 3.70. The van der Waals surface area contributed by atoms with Crippen molar-refractivity contribution in [3.63, 3.8) is 0 Å². The number of halogens is 1. The summed E-state index contributed by atoms with van der Waals surface area (Å²) in [7, 11) is -3.91. The molecule has 0 spiro atoms. The summed E-state index contributed by atoms with van der Waals surface area (Å²) in [6.07, 6.45) is 1.33. The third-order valence-electron chi connectivity index (χ3n) is 5.78. The average molecular weight is 510 g/mol. The number of nitrogens with zero attached hydrogens (tertiary/aromatic N) is 2. The van der Waals surface area contributed by atoms with E-state index in [-0.39, 0.29) is 30.8 Å². The topological polar surface area (TPSA) is 135 Å². The van der Waals surface area contributed by atoms with E-state index in [4.69, 9.17) is 4.74 Å². The van der Waals surface area contributed by atoms with E-state index in [1.54, 1.807) is 26.8 Å². The van der Waals surface area contributed by atoms with Gasteiger partial charge in [-0.1, -0.05) is 0 Å². The fraction of sp³-hybridized carbons (Fsp3) is 0.435. The molecule has 35 heavy (non-hydrogen) atoms. The fourth-order valence-electron chi connectivity index (χ4n) is 3.59. The maximum absolute atomic E-state index is 14.8. The molecule has 10 nitrogen and oxygen atoms in total. The van der Waals surface area contributed by atoms with E-state index in [0.29, 0.717) is 11.3 Å². The molecule has 1 aliphatic rings. The number of fused-ring (bicyclic) bond motifs is 1. The van der Waals surface area contributed by atoms with Crippen molar-refractivity contribution >= 4 is 33.6 Å². The van der Waals surface area contributed by atoms with E-state index in [2.05, 4.69) is 5.32 Å². The Hall–Kier alpha value is -3.41. The average Bonchev–Trinajstić information content (AvgIpc) is 3.22. The number of carboxylic acid groups (broad SMARTS) is 1.